The van der Waals surface area contributed by atoms with Gasteiger partial charge in [-0.15, -0.1) is 12.4 Å². The Morgan fingerprint density at radius 3 is 1.62 bits per heavy atom. The summed E-state index contributed by atoms with van der Waals surface area (Å²) in [6.07, 6.45) is 20.6. The molecular weight excluding hydrogens is 338 g/mol. The van der Waals surface area contributed by atoms with Gasteiger partial charge in [0.05, 0.1) is 0 Å². The summed E-state index contributed by atoms with van der Waals surface area (Å²) >= 11 is 1.51. The largest absolute Gasteiger partial charge is 0.330 e. The first-order valence-corrected chi connectivity index (χ1v) is 11.2. The maximum absolute atomic E-state index is 11.6. The van der Waals surface area contributed by atoms with Gasteiger partial charge in [0, 0.05) is 12.2 Å². The van der Waals surface area contributed by atoms with Gasteiger partial charge in [0.25, 0.3) is 0 Å². The molecule has 0 rings (SSSR count). The fourth-order valence-corrected chi connectivity index (χ4v) is 3.66. The lowest BCUT2D eigenvalue weighted by atomic mass is 10.0. The summed E-state index contributed by atoms with van der Waals surface area (Å²) in [6.45, 7) is 3.02. The van der Waals surface area contributed by atoms with E-state index in [0.29, 0.717) is 5.12 Å². The molecule has 0 aliphatic rings. The average Bonchev–Trinajstić information content (AvgIpc) is 2.56. The molecule has 0 aliphatic carbocycles. The molecule has 0 atom stereocenters. The van der Waals surface area contributed by atoms with Gasteiger partial charge in [-0.2, -0.15) is 0 Å². The van der Waals surface area contributed by atoms with E-state index in [2.05, 4.69) is 6.92 Å². The van der Waals surface area contributed by atoms with Crippen molar-refractivity contribution in [1.29, 1.82) is 0 Å². The van der Waals surface area contributed by atoms with Crippen LogP contribution in [-0.2, 0) is 4.79 Å². The normalized spacial score (nSPS) is 10.6. The van der Waals surface area contributed by atoms with Crippen LogP contribution in [0.3, 0.4) is 0 Å². The van der Waals surface area contributed by atoms with Crippen LogP contribution in [0.15, 0.2) is 0 Å². The van der Waals surface area contributed by atoms with E-state index in [4.69, 9.17) is 5.73 Å². The first-order valence-electron chi connectivity index (χ1n) is 10.2. The number of rotatable bonds is 18. The van der Waals surface area contributed by atoms with E-state index in [-0.39, 0.29) is 12.4 Å². The molecule has 0 unspecified atom stereocenters. The molecule has 0 aromatic heterocycles. The summed E-state index contributed by atoms with van der Waals surface area (Å²) in [4.78, 5) is 11.6. The van der Waals surface area contributed by atoms with Gasteiger partial charge in [-0.05, 0) is 25.8 Å². The van der Waals surface area contributed by atoms with Crippen LogP contribution in [0.2, 0.25) is 0 Å². The van der Waals surface area contributed by atoms with Gasteiger partial charge < -0.3 is 5.73 Å². The first kappa shape index (κ1) is 26.5. The second-order valence-electron chi connectivity index (χ2n) is 6.71. The highest BCUT2D eigenvalue weighted by atomic mass is 35.5. The van der Waals surface area contributed by atoms with Gasteiger partial charge in [0.1, 0.15) is 0 Å². The lowest BCUT2D eigenvalue weighted by Crippen LogP contribution is -2.00. The zero-order chi connectivity index (χ0) is 17.0. The van der Waals surface area contributed by atoms with Crippen LogP contribution in [0.5, 0.6) is 0 Å². The van der Waals surface area contributed by atoms with E-state index in [1.165, 1.54) is 88.8 Å². The number of unbranched alkanes of at least 4 members (excludes halogenated alkanes) is 13. The predicted molar refractivity (Wildman–Crippen MR) is 113 cm³/mol. The zero-order valence-electron chi connectivity index (χ0n) is 16.0. The van der Waals surface area contributed by atoms with E-state index < -0.39 is 0 Å². The minimum absolute atomic E-state index is 0. The number of carbonyl (C=O) groups excluding carboxylic acids is 1. The summed E-state index contributed by atoms with van der Waals surface area (Å²) in [5, 5.41) is 0.380. The zero-order valence-corrected chi connectivity index (χ0v) is 17.7. The van der Waals surface area contributed by atoms with Crippen molar-refractivity contribution in [2.75, 3.05) is 12.3 Å². The topological polar surface area (TPSA) is 43.1 Å². The van der Waals surface area contributed by atoms with Gasteiger partial charge in [-0.3, -0.25) is 4.79 Å². The Hall–Kier alpha value is 0.270. The molecule has 2 N–H and O–H groups in total. The van der Waals surface area contributed by atoms with Gasteiger partial charge in [-0.1, -0.05) is 95.7 Å². The van der Waals surface area contributed by atoms with Crippen LogP contribution in [0.4, 0.5) is 0 Å². The van der Waals surface area contributed by atoms with Crippen molar-refractivity contribution in [2.24, 2.45) is 5.73 Å². The molecule has 0 heterocycles. The Morgan fingerprint density at radius 1 is 0.708 bits per heavy atom. The minimum atomic E-state index is 0. The summed E-state index contributed by atoms with van der Waals surface area (Å²) in [5.41, 5.74) is 5.44. The minimum Gasteiger partial charge on any atom is -0.330 e. The third-order valence-corrected chi connectivity index (χ3v) is 5.36. The Kier molecular flexibility index (Phi) is 25.7. The van der Waals surface area contributed by atoms with E-state index in [9.17, 15) is 4.79 Å². The molecular formula is C20H42ClNOS. The van der Waals surface area contributed by atoms with Crippen LogP contribution in [-0.4, -0.2) is 17.4 Å². The van der Waals surface area contributed by atoms with Gasteiger partial charge in [0.15, 0.2) is 5.12 Å². The molecule has 0 saturated heterocycles. The molecule has 0 fully saturated rings. The van der Waals surface area contributed by atoms with Crippen molar-refractivity contribution in [3.05, 3.63) is 0 Å². The van der Waals surface area contributed by atoms with Gasteiger partial charge >= 0.3 is 0 Å². The van der Waals surface area contributed by atoms with Crippen molar-refractivity contribution in [3.63, 3.8) is 0 Å². The molecule has 24 heavy (non-hydrogen) atoms. The average molecular weight is 380 g/mol. The third kappa shape index (κ3) is 22.3. The molecule has 0 saturated carbocycles. The quantitative estimate of drug-likeness (QED) is 0.263. The summed E-state index contributed by atoms with van der Waals surface area (Å²) in [7, 11) is 0. The van der Waals surface area contributed by atoms with E-state index in [1.807, 2.05) is 0 Å². The molecule has 146 valence electrons. The van der Waals surface area contributed by atoms with Crippen LogP contribution in [0, 0.1) is 0 Å². The molecule has 2 nitrogen and oxygen atoms in total. The Balaban J connectivity index is 0. The monoisotopic (exact) mass is 379 g/mol. The highest BCUT2D eigenvalue weighted by molar-refractivity contribution is 8.13. The highest BCUT2D eigenvalue weighted by Crippen LogP contribution is 2.15. The van der Waals surface area contributed by atoms with Gasteiger partial charge in [0.2, 0.25) is 0 Å². The molecule has 0 aromatic carbocycles. The second kappa shape index (κ2) is 23.3. The number of hydrogen-bond donors (Lipinski definition) is 1. The highest BCUT2D eigenvalue weighted by Gasteiger charge is 2.02. The molecule has 0 radical (unpaired) electrons. The fraction of sp³-hybridized carbons (Fsp3) is 0.950. The standard InChI is InChI=1S/C20H41NOS.ClH/c1-2-3-4-5-6-7-8-9-10-11-12-13-14-17-20(22)23-19-16-15-18-21;/h2-19,21H2,1H3;1H. The predicted octanol–water partition coefficient (Wildman–Crippen LogP) is 6.89. The van der Waals surface area contributed by atoms with E-state index in [0.717, 1.165) is 38.0 Å². The van der Waals surface area contributed by atoms with E-state index >= 15 is 0 Å². The number of halogens is 1. The van der Waals surface area contributed by atoms with E-state index in [1.54, 1.807) is 0 Å². The Morgan fingerprint density at radius 2 is 1.17 bits per heavy atom. The molecule has 0 spiro atoms. The van der Waals surface area contributed by atoms with Crippen LogP contribution < -0.4 is 5.73 Å². The van der Waals surface area contributed by atoms with Crippen LogP contribution in [0.25, 0.3) is 0 Å². The molecule has 0 aromatic rings. The second-order valence-corrected chi connectivity index (χ2v) is 7.86. The first-order chi connectivity index (χ1) is 11.3. The fourth-order valence-electron chi connectivity index (χ4n) is 2.79. The smallest absolute Gasteiger partial charge is 0.188 e. The lowest BCUT2D eigenvalue weighted by Gasteiger charge is -2.03. The number of nitrogens with two attached hydrogens (primary N) is 1. The maximum atomic E-state index is 11.6. The van der Waals surface area contributed by atoms with Crippen molar-refractivity contribution in [1.82, 2.24) is 0 Å². The van der Waals surface area contributed by atoms with Crippen molar-refractivity contribution in [3.8, 4) is 0 Å². The third-order valence-electron chi connectivity index (χ3n) is 4.35. The van der Waals surface area contributed by atoms with Crippen molar-refractivity contribution in [2.45, 2.75) is 110 Å². The maximum Gasteiger partial charge on any atom is 0.188 e. The van der Waals surface area contributed by atoms with Crippen LogP contribution in [0.1, 0.15) is 110 Å². The summed E-state index contributed by atoms with van der Waals surface area (Å²) in [6, 6.07) is 0. The lowest BCUT2D eigenvalue weighted by molar-refractivity contribution is -0.111. The summed E-state index contributed by atoms with van der Waals surface area (Å²) in [5.74, 6) is 0.953. The Labute approximate surface area is 161 Å². The molecule has 0 amide bonds. The number of thioether (sulfide) groups is 1. The van der Waals surface area contributed by atoms with Crippen molar-refractivity contribution < 1.29 is 4.79 Å². The molecule has 0 aliphatic heterocycles. The SMILES string of the molecule is CCCCCCCCCCCCCCCC(=O)SCCCCN.Cl. The van der Waals surface area contributed by atoms with Crippen LogP contribution >= 0.6 is 24.2 Å². The number of carbonyl (C=O) groups is 1. The van der Waals surface area contributed by atoms with Gasteiger partial charge in [-0.25, -0.2) is 0 Å². The molecule has 4 heteroatoms. The Bertz CT molecular complexity index is 252. The van der Waals surface area contributed by atoms with Crippen molar-refractivity contribution >= 4 is 29.3 Å². The summed E-state index contributed by atoms with van der Waals surface area (Å²) < 4.78 is 0. The number of hydrogen-bond acceptors (Lipinski definition) is 3. The molecule has 0 bridgehead atoms.